The van der Waals surface area contributed by atoms with Crippen molar-refractivity contribution in [2.24, 2.45) is 5.73 Å². The smallest absolute Gasteiger partial charge is 0.259 e. The summed E-state index contributed by atoms with van der Waals surface area (Å²) in [5, 5.41) is 4.65. The first-order chi connectivity index (χ1) is 7.89. The Morgan fingerprint density at radius 3 is 2.59 bits per heavy atom. The zero-order valence-electron chi connectivity index (χ0n) is 9.37. The van der Waals surface area contributed by atoms with Crippen LogP contribution in [0.2, 0.25) is 10.0 Å². The van der Waals surface area contributed by atoms with Crippen LogP contribution < -0.4 is 5.73 Å². The first-order valence-electron chi connectivity index (χ1n) is 4.97. The average molecular weight is 272 g/mol. The molecule has 0 radical (unpaired) electrons. The van der Waals surface area contributed by atoms with Crippen molar-refractivity contribution < 1.29 is 4.52 Å². The maximum absolute atomic E-state index is 6.06. The Kier molecular flexibility index (Phi) is 3.12. The minimum Gasteiger partial charge on any atom is -0.334 e. The summed E-state index contributed by atoms with van der Waals surface area (Å²) in [6.45, 7) is 3.59. The van der Waals surface area contributed by atoms with Crippen molar-refractivity contribution in [1.82, 2.24) is 10.1 Å². The van der Waals surface area contributed by atoms with Crippen LogP contribution in [0.1, 0.15) is 19.7 Å². The second-order valence-electron chi connectivity index (χ2n) is 4.25. The Balaban J connectivity index is 2.48. The molecule has 0 aliphatic heterocycles. The molecule has 0 atom stereocenters. The van der Waals surface area contributed by atoms with Gasteiger partial charge in [-0.15, -0.1) is 0 Å². The Morgan fingerprint density at radius 1 is 1.29 bits per heavy atom. The Hall–Kier alpha value is -1.10. The summed E-state index contributed by atoms with van der Waals surface area (Å²) in [5.41, 5.74) is 5.81. The van der Waals surface area contributed by atoms with Crippen LogP contribution >= 0.6 is 23.2 Å². The van der Waals surface area contributed by atoms with Crippen molar-refractivity contribution in [1.29, 1.82) is 0 Å². The van der Waals surface area contributed by atoms with E-state index in [-0.39, 0.29) is 0 Å². The van der Waals surface area contributed by atoms with Crippen LogP contribution in [0.4, 0.5) is 0 Å². The van der Waals surface area contributed by atoms with E-state index in [0.717, 1.165) is 0 Å². The van der Waals surface area contributed by atoms with Gasteiger partial charge in [0.1, 0.15) is 0 Å². The van der Waals surface area contributed by atoms with E-state index in [9.17, 15) is 0 Å². The number of hydrogen-bond donors (Lipinski definition) is 1. The van der Waals surface area contributed by atoms with E-state index in [1.807, 2.05) is 0 Å². The number of rotatable bonds is 2. The van der Waals surface area contributed by atoms with Gasteiger partial charge in [-0.05, 0) is 26.0 Å². The highest BCUT2D eigenvalue weighted by atomic mass is 35.5. The Morgan fingerprint density at radius 2 is 2.00 bits per heavy atom. The minimum atomic E-state index is -0.660. The van der Waals surface area contributed by atoms with Crippen LogP contribution in [0, 0.1) is 0 Å². The number of nitrogens with two attached hydrogens (primary N) is 1. The molecule has 1 heterocycles. The zero-order valence-corrected chi connectivity index (χ0v) is 10.9. The lowest BCUT2D eigenvalue weighted by molar-refractivity contribution is 0.397. The van der Waals surface area contributed by atoms with E-state index in [1.54, 1.807) is 32.0 Å². The SMILES string of the molecule is CC(C)(N)c1noc(-c2cccc(Cl)c2Cl)n1. The van der Waals surface area contributed by atoms with E-state index < -0.39 is 5.54 Å². The summed E-state index contributed by atoms with van der Waals surface area (Å²) < 4.78 is 5.13. The van der Waals surface area contributed by atoms with E-state index >= 15 is 0 Å². The molecule has 0 spiro atoms. The van der Waals surface area contributed by atoms with E-state index in [1.165, 1.54) is 0 Å². The van der Waals surface area contributed by atoms with E-state index in [4.69, 9.17) is 33.5 Å². The monoisotopic (exact) mass is 271 g/mol. The molecular formula is C11H11Cl2N3O. The lowest BCUT2D eigenvalue weighted by Crippen LogP contribution is -2.30. The molecule has 0 aliphatic rings. The highest BCUT2D eigenvalue weighted by Gasteiger charge is 2.23. The molecule has 0 bridgehead atoms. The van der Waals surface area contributed by atoms with Gasteiger partial charge in [0.2, 0.25) is 0 Å². The summed E-state index contributed by atoms with van der Waals surface area (Å²) in [4.78, 5) is 4.21. The van der Waals surface area contributed by atoms with Crippen LogP contribution in [0.25, 0.3) is 11.5 Å². The lowest BCUT2D eigenvalue weighted by atomic mass is 10.1. The molecule has 0 aliphatic carbocycles. The van der Waals surface area contributed by atoms with Crippen LogP contribution in [0.15, 0.2) is 22.7 Å². The molecule has 0 saturated heterocycles. The molecule has 2 rings (SSSR count). The third-order valence-corrected chi connectivity index (χ3v) is 3.00. The first kappa shape index (κ1) is 12.4. The van der Waals surface area contributed by atoms with E-state index in [0.29, 0.717) is 27.3 Å². The van der Waals surface area contributed by atoms with Gasteiger partial charge in [-0.25, -0.2) is 0 Å². The number of halogens is 2. The van der Waals surface area contributed by atoms with E-state index in [2.05, 4.69) is 10.1 Å². The summed E-state index contributed by atoms with van der Waals surface area (Å²) in [6, 6.07) is 5.22. The molecule has 90 valence electrons. The fourth-order valence-corrected chi connectivity index (χ4v) is 1.64. The van der Waals surface area contributed by atoms with Crippen molar-refractivity contribution >= 4 is 23.2 Å². The number of hydrogen-bond acceptors (Lipinski definition) is 4. The topological polar surface area (TPSA) is 64.9 Å². The highest BCUT2D eigenvalue weighted by Crippen LogP contribution is 2.32. The second-order valence-corrected chi connectivity index (χ2v) is 5.03. The Labute approximate surface area is 109 Å². The normalized spacial score (nSPS) is 11.8. The van der Waals surface area contributed by atoms with Crippen molar-refractivity contribution in [3.05, 3.63) is 34.1 Å². The maximum Gasteiger partial charge on any atom is 0.259 e. The van der Waals surface area contributed by atoms with Gasteiger partial charge >= 0.3 is 0 Å². The third kappa shape index (κ3) is 2.44. The van der Waals surface area contributed by atoms with Crippen LogP contribution in [-0.2, 0) is 5.54 Å². The predicted molar refractivity (Wildman–Crippen MR) is 67.0 cm³/mol. The minimum absolute atomic E-state index is 0.311. The number of aromatic nitrogens is 2. The quantitative estimate of drug-likeness (QED) is 0.911. The lowest BCUT2D eigenvalue weighted by Gasteiger charge is -2.11. The average Bonchev–Trinajstić information content (AvgIpc) is 2.70. The predicted octanol–water partition coefficient (Wildman–Crippen LogP) is 3.24. The largest absolute Gasteiger partial charge is 0.334 e. The van der Waals surface area contributed by atoms with Gasteiger partial charge in [-0.2, -0.15) is 4.98 Å². The van der Waals surface area contributed by atoms with Crippen LogP contribution in [0.5, 0.6) is 0 Å². The number of nitrogens with zero attached hydrogens (tertiary/aromatic N) is 2. The second kappa shape index (κ2) is 4.29. The molecule has 6 heteroatoms. The molecule has 1 aromatic heterocycles. The molecule has 17 heavy (non-hydrogen) atoms. The molecule has 0 unspecified atom stereocenters. The van der Waals surface area contributed by atoms with Gasteiger partial charge in [0.25, 0.3) is 5.89 Å². The van der Waals surface area contributed by atoms with Crippen LogP contribution in [0.3, 0.4) is 0 Å². The van der Waals surface area contributed by atoms with Gasteiger partial charge in [0, 0.05) is 0 Å². The first-order valence-corrected chi connectivity index (χ1v) is 5.72. The summed E-state index contributed by atoms with van der Waals surface area (Å²) in [5.74, 6) is 0.731. The maximum atomic E-state index is 6.06. The molecule has 2 aromatic rings. The highest BCUT2D eigenvalue weighted by molar-refractivity contribution is 6.43. The third-order valence-electron chi connectivity index (χ3n) is 2.18. The zero-order chi connectivity index (χ0) is 12.6. The molecule has 0 saturated carbocycles. The van der Waals surface area contributed by atoms with Crippen LogP contribution in [-0.4, -0.2) is 10.1 Å². The fraction of sp³-hybridized carbons (Fsp3) is 0.273. The van der Waals surface area contributed by atoms with Crippen molar-refractivity contribution in [3.8, 4) is 11.5 Å². The molecule has 0 amide bonds. The fourth-order valence-electron chi connectivity index (χ4n) is 1.26. The molecule has 1 aromatic carbocycles. The van der Waals surface area contributed by atoms with Gasteiger partial charge in [-0.1, -0.05) is 34.4 Å². The van der Waals surface area contributed by atoms with Crippen molar-refractivity contribution in [2.45, 2.75) is 19.4 Å². The summed E-state index contributed by atoms with van der Waals surface area (Å²) >= 11 is 12.0. The summed E-state index contributed by atoms with van der Waals surface area (Å²) in [6.07, 6.45) is 0. The standard InChI is InChI=1S/C11H11Cl2N3O/c1-11(2,14)10-15-9(17-16-10)6-4-3-5-7(12)8(6)13/h3-5H,14H2,1-2H3. The van der Waals surface area contributed by atoms with Crippen molar-refractivity contribution in [2.75, 3.05) is 0 Å². The van der Waals surface area contributed by atoms with Gasteiger partial charge in [0.05, 0.1) is 21.1 Å². The number of benzene rings is 1. The van der Waals surface area contributed by atoms with Crippen molar-refractivity contribution in [3.63, 3.8) is 0 Å². The molecule has 2 N–H and O–H groups in total. The molecule has 0 fully saturated rings. The van der Waals surface area contributed by atoms with Gasteiger partial charge in [-0.3, -0.25) is 0 Å². The molecule has 4 nitrogen and oxygen atoms in total. The van der Waals surface area contributed by atoms with Gasteiger partial charge < -0.3 is 10.3 Å². The Bertz CT molecular complexity index is 546. The summed E-state index contributed by atoms with van der Waals surface area (Å²) in [7, 11) is 0. The molecular weight excluding hydrogens is 261 g/mol. The van der Waals surface area contributed by atoms with Gasteiger partial charge in [0.15, 0.2) is 5.82 Å².